The molecule has 1 aromatic carbocycles. The van der Waals surface area contributed by atoms with E-state index in [0.717, 1.165) is 41.1 Å². The second-order valence-electron chi connectivity index (χ2n) is 6.04. The molecular formula is C16H17NO. The maximum Gasteiger partial charge on any atom is 0.168 e. The van der Waals surface area contributed by atoms with Gasteiger partial charge in [0, 0.05) is 28.6 Å². The molecule has 0 spiro atoms. The molecule has 92 valence electrons. The van der Waals surface area contributed by atoms with Gasteiger partial charge in [0.25, 0.3) is 0 Å². The highest BCUT2D eigenvalue weighted by Crippen LogP contribution is 2.55. The molecule has 2 saturated carbocycles. The number of rotatable bonds is 2. The lowest BCUT2D eigenvalue weighted by atomic mass is 9.93. The topological polar surface area (TPSA) is 32.9 Å². The van der Waals surface area contributed by atoms with E-state index in [1.807, 2.05) is 6.20 Å². The molecule has 0 radical (unpaired) electrons. The Balaban J connectivity index is 1.73. The molecule has 0 saturated heterocycles. The minimum absolute atomic E-state index is 0.285. The molecule has 2 aromatic rings. The number of benzene rings is 1. The molecule has 2 heteroatoms. The molecule has 2 atom stereocenters. The Morgan fingerprint density at radius 2 is 2.00 bits per heavy atom. The molecule has 2 nitrogen and oxygen atoms in total. The van der Waals surface area contributed by atoms with Crippen molar-refractivity contribution in [3.05, 3.63) is 35.5 Å². The number of aromatic amines is 1. The lowest BCUT2D eigenvalue weighted by Gasteiger charge is -2.09. The predicted octanol–water partition coefficient (Wildman–Crippen LogP) is 3.71. The van der Waals surface area contributed by atoms with Gasteiger partial charge in [-0.25, -0.2) is 0 Å². The Hall–Kier alpha value is -1.57. The molecule has 2 fully saturated rings. The third-order valence-corrected chi connectivity index (χ3v) is 4.72. The van der Waals surface area contributed by atoms with E-state index in [9.17, 15) is 4.79 Å². The number of Topliss-reactive ketones (excluding diaryl/α,β-unsaturated/α-hetero) is 1. The fourth-order valence-electron chi connectivity index (χ4n) is 3.59. The van der Waals surface area contributed by atoms with Crippen LogP contribution in [0.15, 0.2) is 24.4 Å². The highest BCUT2D eigenvalue weighted by Gasteiger charge is 2.48. The van der Waals surface area contributed by atoms with Crippen LogP contribution in [0, 0.1) is 24.7 Å². The number of carbonyl (C=O) groups excluding carboxylic acids is 1. The number of aromatic nitrogens is 1. The van der Waals surface area contributed by atoms with E-state index in [1.54, 1.807) is 0 Å². The zero-order valence-corrected chi connectivity index (χ0v) is 10.6. The second-order valence-corrected chi connectivity index (χ2v) is 6.04. The quantitative estimate of drug-likeness (QED) is 0.796. The summed E-state index contributed by atoms with van der Waals surface area (Å²) in [4.78, 5) is 15.8. The molecule has 0 bridgehead atoms. The predicted molar refractivity (Wildman–Crippen MR) is 71.7 cm³/mol. The highest BCUT2D eigenvalue weighted by molar-refractivity contribution is 6.09. The van der Waals surface area contributed by atoms with E-state index >= 15 is 0 Å². The van der Waals surface area contributed by atoms with Crippen LogP contribution in [0.25, 0.3) is 10.9 Å². The summed E-state index contributed by atoms with van der Waals surface area (Å²) in [5, 5.41) is 1.10. The molecule has 0 amide bonds. The molecule has 18 heavy (non-hydrogen) atoms. The highest BCUT2D eigenvalue weighted by atomic mass is 16.1. The third kappa shape index (κ3) is 1.45. The maximum absolute atomic E-state index is 12.6. The van der Waals surface area contributed by atoms with Gasteiger partial charge in [0.1, 0.15) is 0 Å². The zero-order valence-electron chi connectivity index (χ0n) is 10.6. The minimum atomic E-state index is 0.285. The first-order valence-corrected chi connectivity index (χ1v) is 6.84. The molecule has 2 aliphatic rings. The molecule has 2 aliphatic carbocycles. The van der Waals surface area contributed by atoms with Gasteiger partial charge in [-0.1, -0.05) is 11.6 Å². The normalized spacial score (nSPS) is 29.5. The number of aryl methyl sites for hydroxylation is 1. The summed E-state index contributed by atoms with van der Waals surface area (Å²) in [6, 6.07) is 6.26. The van der Waals surface area contributed by atoms with Gasteiger partial charge in [-0.05, 0) is 50.2 Å². The van der Waals surface area contributed by atoms with E-state index in [4.69, 9.17) is 0 Å². The average Bonchev–Trinajstić information content (AvgIpc) is 2.82. The Labute approximate surface area is 106 Å². The lowest BCUT2D eigenvalue weighted by molar-refractivity contribution is 0.0916. The average molecular weight is 239 g/mol. The smallest absolute Gasteiger partial charge is 0.168 e. The van der Waals surface area contributed by atoms with E-state index in [0.29, 0.717) is 5.78 Å². The van der Waals surface area contributed by atoms with Crippen LogP contribution >= 0.6 is 0 Å². The minimum Gasteiger partial charge on any atom is -0.360 e. The van der Waals surface area contributed by atoms with Gasteiger partial charge in [-0.2, -0.15) is 0 Å². The van der Waals surface area contributed by atoms with Gasteiger partial charge in [0.15, 0.2) is 5.78 Å². The molecule has 1 heterocycles. The maximum atomic E-state index is 12.6. The standard InChI is InChI=1S/C16H17NO/c1-9-2-3-15-13(4-9)14(8-17-15)16(18)12-6-10-5-11(10)7-12/h2-4,8,10-12,17H,5-7H2,1H3. The Bertz CT molecular complexity index is 630. The number of ketones is 1. The molecule has 0 aliphatic heterocycles. The summed E-state index contributed by atoms with van der Waals surface area (Å²) in [6.45, 7) is 2.07. The lowest BCUT2D eigenvalue weighted by Crippen LogP contribution is -2.12. The second kappa shape index (κ2) is 3.47. The zero-order chi connectivity index (χ0) is 12.3. The fraction of sp³-hybridized carbons (Fsp3) is 0.438. The Morgan fingerprint density at radius 3 is 2.78 bits per heavy atom. The van der Waals surface area contributed by atoms with Crippen molar-refractivity contribution in [3.63, 3.8) is 0 Å². The summed E-state index contributed by atoms with van der Waals surface area (Å²) >= 11 is 0. The van der Waals surface area contributed by atoms with Gasteiger partial charge >= 0.3 is 0 Å². The van der Waals surface area contributed by atoms with Crippen molar-refractivity contribution in [1.82, 2.24) is 4.98 Å². The first-order valence-electron chi connectivity index (χ1n) is 6.84. The van der Waals surface area contributed by atoms with E-state index in [1.165, 1.54) is 12.0 Å². The fourth-order valence-corrected chi connectivity index (χ4v) is 3.59. The summed E-state index contributed by atoms with van der Waals surface area (Å²) < 4.78 is 0. The summed E-state index contributed by atoms with van der Waals surface area (Å²) in [6.07, 6.45) is 5.52. The first kappa shape index (κ1) is 10.4. The third-order valence-electron chi connectivity index (χ3n) is 4.72. The van der Waals surface area contributed by atoms with Crippen molar-refractivity contribution in [1.29, 1.82) is 0 Å². The molecular weight excluding hydrogens is 222 g/mol. The number of fused-ring (bicyclic) bond motifs is 2. The van der Waals surface area contributed by atoms with E-state index in [-0.39, 0.29) is 5.92 Å². The summed E-state index contributed by atoms with van der Waals surface area (Å²) in [5.41, 5.74) is 3.19. The van der Waals surface area contributed by atoms with Crippen LogP contribution in [-0.2, 0) is 0 Å². The van der Waals surface area contributed by atoms with Crippen LogP contribution in [0.4, 0.5) is 0 Å². The Morgan fingerprint density at radius 1 is 1.22 bits per heavy atom. The number of hydrogen-bond donors (Lipinski definition) is 1. The van der Waals surface area contributed by atoms with Crippen LogP contribution in [0.2, 0.25) is 0 Å². The van der Waals surface area contributed by atoms with Gasteiger partial charge < -0.3 is 4.98 Å². The van der Waals surface area contributed by atoms with Crippen molar-refractivity contribution in [2.45, 2.75) is 26.2 Å². The van der Waals surface area contributed by atoms with Crippen LogP contribution in [0.5, 0.6) is 0 Å². The van der Waals surface area contributed by atoms with Gasteiger partial charge in [-0.15, -0.1) is 0 Å². The van der Waals surface area contributed by atoms with Gasteiger partial charge in [0.2, 0.25) is 0 Å². The molecule has 1 N–H and O–H groups in total. The number of H-pyrrole nitrogens is 1. The van der Waals surface area contributed by atoms with Crippen LogP contribution < -0.4 is 0 Å². The van der Waals surface area contributed by atoms with Crippen LogP contribution in [0.3, 0.4) is 0 Å². The molecule has 2 unspecified atom stereocenters. The number of hydrogen-bond acceptors (Lipinski definition) is 1. The van der Waals surface area contributed by atoms with Crippen molar-refractivity contribution >= 4 is 16.7 Å². The number of nitrogens with one attached hydrogen (secondary N) is 1. The molecule has 4 rings (SSSR count). The van der Waals surface area contributed by atoms with Crippen LogP contribution in [0.1, 0.15) is 35.2 Å². The molecule has 1 aromatic heterocycles. The van der Waals surface area contributed by atoms with Crippen molar-refractivity contribution in [2.75, 3.05) is 0 Å². The summed E-state index contributed by atoms with van der Waals surface area (Å²) in [5.74, 6) is 2.38. The largest absolute Gasteiger partial charge is 0.360 e. The van der Waals surface area contributed by atoms with Gasteiger partial charge in [-0.3, -0.25) is 4.79 Å². The van der Waals surface area contributed by atoms with E-state index < -0.39 is 0 Å². The van der Waals surface area contributed by atoms with Gasteiger partial charge in [0.05, 0.1) is 0 Å². The monoisotopic (exact) mass is 239 g/mol. The van der Waals surface area contributed by atoms with E-state index in [2.05, 4.69) is 30.1 Å². The Kier molecular flexibility index (Phi) is 2.00. The first-order chi connectivity index (χ1) is 8.72. The number of carbonyl (C=O) groups is 1. The van der Waals surface area contributed by atoms with Crippen molar-refractivity contribution in [3.8, 4) is 0 Å². The SMILES string of the molecule is Cc1ccc2[nH]cc(C(=O)C3CC4CC4C3)c2c1. The summed E-state index contributed by atoms with van der Waals surface area (Å²) in [7, 11) is 0. The van der Waals surface area contributed by atoms with Crippen molar-refractivity contribution < 1.29 is 4.79 Å². The van der Waals surface area contributed by atoms with Crippen LogP contribution in [-0.4, -0.2) is 10.8 Å². The van der Waals surface area contributed by atoms with Crippen molar-refractivity contribution in [2.24, 2.45) is 17.8 Å².